The summed E-state index contributed by atoms with van der Waals surface area (Å²) in [5, 5.41) is 2.11. The predicted molar refractivity (Wildman–Crippen MR) is 74.0 cm³/mol. The molecule has 1 aromatic heterocycles. The van der Waals surface area contributed by atoms with Crippen LogP contribution in [-0.2, 0) is 0 Å². The number of alkyl halides is 1. The average molecular weight is 346 g/mol. The monoisotopic (exact) mass is 344 g/mol. The molecule has 0 N–H and O–H groups in total. The van der Waals surface area contributed by atoms with Crippen LogP contribution in [0.25, 0.3) is 0 Å². The summed E-state index contributed by atoms with van der Waals surface area (Å²) in [5.41, 5.74) is 2.64. The standard InChI is InChI=1S/C12H10Br2S/c1-8-7-9(13)4-5-10(8)12(14)11-3-2-6-15-11/h2-7,12H,1H3. The van der Waals surface area contributed by atoms with Gasteiger partial charge in [-0.2, -0.15) is 0 Å². The highest BCUT2D eigenvalue weighted by atomic mass is 79.9. The van der Waals surface area contributed by atoms with E-state index in [1.807, 2.05) is 0 Å². The minimum Gasteiger partial charge on any atom is -0.147 e. The van der Waals surface area contributed by atoms with Gasteiger partial charge in [-0.3, -0.25) is 0 Å². The summed E-state index contributed by atoms with van der Waals surface area (Å²) in [4.78, 5) is 1.66. The lowest BCUT2D eigenvalue weighted by Gasteiger charge is -2.11. The zero-order valence-corrected chi connectivity index (χ0v) is 12.2. The largest absolute Gasteiger partial charge is 0.147 e. The number of aryl methyl sites for hydroxylation is 1. The molecule has 0 spiro atoms. The van der Waals surface area contributed by atoms with E-state index >= 15 is 0 Å². The fraction of sp³-hybridized carbons (Fsp3) is 0.167. The maximum atomic E-state index is 3.74. The topological polar surface area (TPSA) is 0 Å². The van der Waals surface area contributed by atoms with Gasteiger partial charge in [0.15, 0.2) is 0 Å². The molecule has 3 heteroatoms. The van der Waals surface area contributed by atoms with Crippen LogP contribution in [0.4, 0.5) is 0 Å². The molecule has 1 aromatic carbocycles. The molecule has 0 aliphatic rings. The SMILES string of the molecule is Cc1cc(Br)ccc1C(Br)c1cccs1. The summed E-state index contributed by atoms with van der Waals surface area (Å²) < 4.78 is 1.13. The Labute approximate surface area is 111 Å². The van der Waals surface area contributed by atoms with Gasteiger partial charge in [-0.05, 0) is 41.6 Å². The molecule has 1 heterocycles. The van der Waals surface area contributed by atoms with Gasteiger partial charge in [0.25, 0.3) is 0 Å². The molecule has 15 heavy (non-hydrogen) atoms. The van der Waals surface area contributed by atoms with E-state index in [0.29, 0.717) is 4.83 Å². The van der Waals surface area contributed by atoms with Gasteiger partial charge in [-0.25, -0.2) is 0 Å². The zero-order valence-electron chi connectivity index (χ0n) is 8.21. The number of thiophene rings is 1. The van der Waals surface area contributed by atoms with Crippen molar-refractivity contribution >= 4 is 43.2 Å². The van der Waals surface area contributed by atoms with Gasteiger partial charge in [0, 0.05) is 9.35 Å². The molecule has 0 amide bonds. The van der Waals surface area contributed by atoms with Crippen LogP contribution in [0, 0.1) is 6.92 Å². The van der Waals surface area contributed by atoms with Gasteiger partial charge in [0.1, 0.15) is 0 Å². The second-order valence-electron chi connectivity index (χ2n) is 3.38. The maximum absolute atomic E-state index is 3.74. The third kappa shape index (κ3) is 2.52. The number of hydrogen-bond acceptors (Lipinski definition) is 1. The fourth-order valence-electron chi connectivity index (χ4n) is 1.51. The highest BCUT2D eigenvalue weighted by Crippen LogP contribution is 2.35. The molecular weight excluding hydrogens is 336 g/mol. The van der Waals surface area contributed by atoms with Crippen molar-refractivity contribution < 1.29 is 0 Å². The lowest BCUT2D eigenvalue weighted by molar-refractivity contribution is 1.17. The van der Waals surface area contributed by atoms with Crippen molar-refractivity contribution in [1.82, 2.24) is 0 Å². The Balaban J connectivity index is 2.38. The summed E-state index contributed by atoms with van der Waals surface area (Å²) in [6, 6.07) is 10.6. The molecule has 0 bridgehead atoms. The molecule has 0 radical (unpaired) electrons. The molecule has 0 nitrogen and oxygen atoms in total. The summed E-state index contributed by atoms with van der Waals surface area (Å²) in [5.74, 6) is 0. The van der Waals surface area contributed by atoms with E-state index in [4.69, 9.17) is 0 Å². The number of halogens is 2. The normalized spacial score (nSPS) is 12.7. The van der Waals surface area contributed by atoms with Gasteiger partial charge in [0.05, 0.1) is 4.83 Å². The molecule has 2 aromatic rings. The Morgan fingerprint density at radius 1 is 1.27 bits per heavy atom. The lowest BCUT2D eigenvalue weighted by Crippen LogP contribution is -1.93. The Morgan fingerprint density at radius 2 is 2.07 bits per heavy atom. The lowest BCUT2D eigenvalue weighted by atomic mass is 10.1. The Kier molecular flexibility index (Phi) is 3.65. The van der Waals surface area contributed by atoms with Crippen molar-refractivity contribution in [3.63, 3.8) is 0 Å². The number of benzene rings is 1. The van der Waals surface area contributed by atoms with E-state index in [9.17, 15) is 0 Å². The zero-order chi connectivity index (χ0) is 10.8. The quantitative estimate of drug-likeness (QED) is 0.647. The highest BCUT2D eigenvalue weighted by Gasteiger charge is 2.13. The minimum absolute atomic E-state index is 0.311. The summed E-state index contributed by atoms with van der Waals surface area (Å²) in [7, 11) is 0. The first-order valence-electron chi connectivity index (χ1n) is 4.62. The van der Waals surface area contributed by atoms with Crippen molar-refractivity contribution in [1.29, 1.82) is 0 Å². The molecule has 0 aliphatic heterocycles. The maximum Gasteiger partial charge on any atom is 0.0740 e. The van der Waals surface area contributed by atoms with Crippen LogP contribution in [0.15, 0.2) is 40.2 Å². The van der Waals surface area contributed by atoms with E-state index < -0.39 is 0 Å². The number of hydrogen-bond donors (Lipinski definition) is 0. The minimum atomic E-state index is 0.311. The smallest absolute Gasteiger partial charge is 0.0740 e. The van der Waals surface area contributed by atoms with E-state index in [-0.39, 0.29) is 0 Å². The van der Waals surface area contributed by atoms with Crippen LogP contribution in [0.3, 0.4) is 0 Å². The highest BCUT2D eigenvalue weighted by molar-refractivity contribution is 9.10. The number of rotatable bonds is 2. The first-order chi connectivity index (χ1) is 7.18. The molecule has 78 valence electrons. The van der Waals surface area contributed by atoms with Crippen LogP contribution < -0.4 is 0 Å². The van der Waals surface area contributed by atoms with Crippen molar-refractivity contribution in [2.24, 2.45) is 0 Å². The van der Waals surface area contributed by atoms with Gasteiger partial charge in [-0.1, -0.05) is 44.0 Å². The van der Waals surface area contributed by atoms with Crippen molar-refractivity contribution in [3.8, 4) is 0 Å². The van der Waals surface area contributed by atoms with Crippen LogP contribution in [0.2, 0.25) is 0 Å². The van der Waals surface area contributed by atoms with Gasteiger partial charge >= 0.3 is 0 Å². The second kappa shape index (κ2) is 4.81. The summed E-state index contributed by atoms with van der Waals surface area (Å²) >= 11 is 9.01. The molecular formula is C12H10Br2S. The van der Waals surface area contributed by atoms with Crippen LogP contribution in [0.5, 0.6) is 0 Å². The van der Waals surface area contributed by atoms with Crippen LogP contribution >= 0.6 is 43.2 Å². The van der Waals surface area contributed by atoms with Crippen molar-refractivity contribution in [3.05, 3.63) is 56.2 Å². The summed E-state index contributed by atoms with van der Waals surface area (Å²) in [6.45, 7) is 2.14. The van der Waals surface area contributed by atoms with Crippen LogP contribution in [-0.4, -0.2) is 0 Å². The van der Waals surface area contributed by atoms with Crippen molar-refractivity contribution in [2.75, 3.05) is 0 Å². The van der Waals surface area contributed by atoms with E-state index in [0.717, 1.165) is 4.47 Å². The molecule has 2 rings (SSSR count). The fourth-order valence-corrected chi connectivity index (χ4v) is 3.70. The molecule has 0 saturated carbocycles. The average Bonchev–Trinajstić information content (AvgIpc) is 2.69. The molecule has 1 unspecified atom stereocenters. The van der Waals surface area contributed by atoms with Crippen LogP contribution in [0.1, 0.15) is 20.8 Å². The van der Waals surface area contributed by atoms with Gasteiger partial charge in [0.2, 0.25) is 0 Å². The molecule has 0 fully saturated rings. The van der Waals surface area contributed by atoms with E-state index in [1.165, 1.54) is 16.0 Å². The summed E-state index contributed by atoms with van der Waals surface area (Å²) in [6.07, 6.45) is 0. The molecule has 0 aliphatic carbocycles. The first kappa shape index (κ1) is 11.4. The Hall–Kier alpha value is -0.120. The third-order valence-electron chi connectivity index (χ3n) is 2.30. The predicted octanol–water partition coefficient (Wildman–Crippen LogP) is 5.30. The van der Waals surface area contributed by atoms with Gasteiger partial charge in [-0.15, -0.1) is 11.3 Å². The third-order valence-corrected chi connectivity index (χ3v) is 5.02. The Bertz CT molecular complexity index is 449. The van der Waals surface area contributed by atoms with Crippen molar-refractivity contribution in [2.45, 2.75) is 11.8 Å². The molecule has 1 atom stereocenters. The van der Waals surface area contributed by atoms with Gasteiger partial charge < -0.3 is 0 Å². The Morgan fingerprint density at radius 3 is 2.67 bits per heavy atom. The second-order valence-corrected chi connectivity index (χ2v) is 6.19. The first-order valence-corrected chi connectivity index (χ1v) is 7.21. The molecule has 0 saturated heterocycles. The van der Waals surface area contributed by atoms with E-state index in [2.05, 4.69) is 74.5 Å². The van der Waals surface area contributed by atoms with E-state index in [1.54, 1.807) is 11.3 Å².